The highest BCUT2D eigenvalue weighted by Crippen LogP contribution is 2.37. The quantitative estimate of drug-likeness (QED) is 0.719. The molecule has 1 saturated heterocycles. The van der Waals surface area contributed by atoms with E-state index in [1.807, 2.05) is 23.6 Å². The molecular formula is C17H17N7O. The summed E-state index contributed by atoms with van der Waals surface area (Å²) in [5.74, 6) is 1.46. The van der Waals surface area contributed by atoms with E-state index < -0.39 is 0 Å². The zero-order valence-electron chi connectivity index (χ0n) is 14.0. The lowest BCUT2D eigenvalue weighted by atomic mass is 10.1. The van der Waals surface area contributed by atoms with Crippen molar-refractivity contribution >= 4 is 11.5 Å². The van der Waals surface area contributed by atoms with Gasteiger partial charge in [0.2, 0.25) is 0 Å². The van der Waals surface area contributed by atoms with E-state index in [9.17, 15) is 5.26 Å². The van der Waals surface area contributed by atoms with Crippen LogP contribution in [0.15, 0.2) is 30.9 Å². The minimum Gasteiger partial charge on any atom is -0.380 e. The Kier molecular flexibility index (Phi) is 3.78. The highest BCUT2D eigenvalue weighted by atomic mass is 16.5. The van der Waals surface area contributed by atoms with Crippen LogP contribution in [0.3, 0.4) is 0 Å². The van der Waals surface area contributed by atoms with Gasteiger partial charge in [0.1, 0.15) is 11.9 Å². The van der Waals surface area contributed by atoms with Crippen molar-refractivity contribution in [3.05, 3.63) is 47.8 Å². The van der Waals surface area contributed by atoms with Crippen molar-refractivity contribution in [2.45, 2.75) is 25.5 Å². The molecule has 3 aromatic heterocycles. The number of anilines is 1. The molecule has 8 nitrogen and oxygen atoms in total. The molecular weight excluding hydrogens is 318 g/mol. The fourth-order valence-electron chi connectivity index (χ4n) is 3.35. The fourth-order valence-corrected chi connectivity index (χ4v) is 3.35. The molecule has 1 aliphatic rings. The van der Waals surface area contributed by atoms with Crippen molar-refractivity contribution in [3.63, 3.8) is 0 Å². The lowest BCUT2D eigenvalue weighted by Crippen LogP contribution is -2.27. The summed E-state index contributed by atoms with van der Waals surface area (Å²) in [6.07, 6.45) is 7.74. The molecule has 25 heavy (non-hydrogen) atoms. The van der Waals surface area contributed by atoms with Crippen molar-refractivity contribution in [1.82, 2.24) is 24.6 Å². The number of methoxy groups -OCH3 is 1. The minimum absolute atomic E-state index is 0.0352. The number of nitrogens with zero attached hydrogens (tertiary/aromatic N) is 7. The molecule has 0 aromatic carbocycles. The molecule has 1 fully saturated rings. The van der Waals surface area contributed by atoms with Crippen LogP contribution in [-0.4, -0.2) is 44.3 Å². The SMILES string of the molecule is CO[C@@H]1C[C@@H](c2nnc3cnccn23)N(c2nccc(C)c2C#N)C1. The number of aromatic nitrogens is 5. The Morgan fingerprint density at radius 2 is 2.20 bits per heavy atom. The first-order chi connectivity index (χ1) is 12.2. The van der Waals surface area contributed by atoms with Crippen LogP contribution in [0.25, 0.3) is 5.65 Å². The van der Waals surface area contributed by atoms with Gasteiger partial charge in [-0.15, -0.1) is 10.2 Å². The molecule has 126 valence electrons. The Morgan fingerprint density at radius 1 is 1.32 bits per heavy atom. The van der Waals surface area contributed by atoms with Crippen LogP contribution < -0.4 is 4.90 Å². The summed E-state index contributed by atoms with van der Waals surface area (Å²) >= 11 is 0. The third-order valence-electron chi connectivity index (χ3n) is 4.66. The summed E-state index contributed by atoms with van der Waals surface area (Å²) < 4.78 is 7.51. The average Bonchev–Trinajstić information content (AvgIpc) is 3.25. The second-order valence-corrected chi connectivity index (χ2v) is 6.06. The molecule has 0 N–H and O–H groups in total. The van der Waals surface area contributed by atoms with Crippen LogP contribution in [0.5, 0.6) is 0 Å². The van der Waals surface area contributed by atoms with E-state index in [1.165, 1.54) is 0 Å². The first kappa shape index (κ1) is 15.5. The first-order valence-electron chi connectivity index (χ1n) is 8.02. The molecule has 0 aliphatic carbocycles. The minimum atomic E-state index is -0.0799. The van der Waals surface area contributed by atoms with Gasteiger partial charge >= 0.3 is 0 Å². The van der Waals surface area contributed by atoms with Gasteiger partial charge in [0.15, 0.2) is 11.5 Å². The molecule has 0 radical (unpaired) electrons. The Hall–Kier alpha value is -3.05. The van der Waals surface area contributed by atoms with Crippen LogP contribution in [0.2, 0.25) is 0 Å². The molecule has 0 unspecified atom stereocenters. The molecule has 0 bridgehead atoms. The summed E-state index contributed by atoms with van der Waals surface area (Å²) in [5.41, 5.74) is 2.18. The summed E-state index contributed by atoms with van der Waals surface area (Å²) in [6, 6.07) is 4.05. The maximum absolute atomic E-state index is 9.58. The van der Waals surface area contributed by atoms with Crippen molar-refractivity contribution < 1.29 is 4.74 Å². The van der Waals surface area contributed by atoms with E-state index in [2.05, 4.69) is 31.1 Å². The Balaban J connectivity index is 1.83. The molecule has 2 atom stereocenters. The third-order valence-corrected chi connectivity index (χ3v) is 4.66. The van der Waals surface area contributed by atoms with E-state index in [1.54, 1.807) is 25.7 Å². The number of pyridine rings is 1. The monoisotopic (exact) mass is 335 g/mol. The van der Waals surface area contributed by atoms with Crippen molar-refractivity contribution in [3.8, 4) is 6.07 Å². The molecule has 4 rings (SSSR count). The average molecular weight is 335 g/mol. The summed E-state index contributed by atoms with van der Waals surface area (Å²) in [7, 11) is 1.70. The zero-order chi connectivity index (χ0) is 17.4. The van der Waals surface area contributed by atoms with Gasteiger partial charge < -0.3 is 9.64 Å². The van der Waals surface area contributed by atoms with E-state index in [0.29, 0.717) is 23.6 Å². The van der Waals surface area contributed by atoms with E-state index in [4.69, 9.17) is 4.74 Å². The van der Waals surface area contributed by atoms with E-state index >= 15 is 0 Å². The normalized spacial score (nSPS) is 20.1. The molecule has 4 heterocycles. The van der Waals surface area contributed by atoms with Gasteiger partial charge in [-0.25, -0.2) is 4.98 Å². The van der Waals surface area contributed by atoms with Crippen molar-refractivity contribution in [2.24, 2.45) is 0 Å². The smallest absolute Gasteiger partial charge is 0.179 e. The second kappa shape index (κ2) is 6.11. The van der Waals surface area contributed by atoms with Gasteiger partial charge in [-0.1, -0.05) is 0 Å². The second-order valence-electron chi connectivity index (χ2n) is 6.06. The number of fused-ring (bicyclic) bond motifs is 1. The molecule has 3 aromatic rings. The predicted octanol–water partition coefficient (Wildman–Crippen LogP) is 1.67. The largest absolute Gasteiger partial charge is 0.380 e. The van der Waals surface area contributed by atoms with Gasteiger partial charge in [-0.05, 0) is 18.6 Å². The van der Waals surface area contributed by atoms with Gasteiger partial charge in [0.25, 0.3) is 0 Å². The number of ether oxygens (including phenoxy) is 1. The van der Waals surface area contributed by atoms with E-state index in [-0.39, 0.29) is 12.1 Å². The number of nitriles is 1. The number of hydrogen-bond donors (Lipinski definition) is 0. The van der Waals surface area contributed by atoms with Gasteiger partial charge in [-0.3, -0.25) is 9.38 Å². The van der Waals surface area contributed by atoms with Crippen molar-refractivity contribution in [2.75, 3.05) is 18.6 Å². The van der Waals surface area contributed by atoms with Crippen LogP contribution >= 0.6 is 0 Å². The zero-order valence-corrected chi connectivity index (χ0v) is 14.0. The van der Waals surface area contributed by atoms with Crippen LogP contribution in [0, 0.1) is 18.3 Å². The van der Waals surface area contributed by atoms with Crippen molar-refractivity contribution in [1.29, 1.82) is 5.26 Å². The molecule has 0 spiro atoms. The van der Waals surface area contributed by atoms with Gasteiger partial charge in [-0.2, -0.15) is 5.26 Å². The van der Waals surface area contributed by atoms with Gasteiger partial charge in [0.05, 0.1) is 23.9 Å². The van der Waals surface area contributed by atoms with Gasteiger partial charge in [0, 0.05) is 38.7 Å². The first-order valence-corrected chi connectivity index (χ1v) is 8.02. The Bertz CT molecular complexity index is 961. The van der Waals surface area contributed by atoms with Crippen LogP contribution in [-0.2, 0) is 4.74 Å². The maximum atomic E-state index is 9.58. The summed E-state index contributed by atoms with van der Waals surface area (Å²) in [4.78, 5) is 10.7. The summed E-state index contributed by atoms with van der Waals surface area (Å²) in [6.45, 7) is 2.56. The lowest BCUT2D eigenvalue weighted by molar-refractivity contribution is 0.118. The van der Waals surface area contributed by atoms with Crippen LogP contribution in [0.4, 0.5) is 5.82 Å². The molecule has 8 heteroatoms. The fraction of sp³-hybridized carbons (Fsp3) is 0.353. The highest BCUT2D eigenvalue weighted by Gasteiger charge is 2.38. The predicted molar refractivity (Wildman–Crippen MR) is 90.0 cm³/mol. The Labute approximate surface area is 144 Å². The standard InChI is InChI=1S/C17H17N7O/c1-11-3-4-20-16(13(11)8-18)24-10-12(25-2)7-14(24)17-22-21-15-9-19-5-6-23(15)17/h3-6,9,12,14H,7,10H2,1-2H3/t12-,14+/m1/s1. The molecule has 0 saturated carbocycles. The highest BCUT2D eigenvalue weighted by molar-refractivity contribution is 5.59. The number of aryl methyl sites for hydroxylation is 1. The topological polar surface area (TPSA) is 92.2 Å². The lowest BCUT2D eigenvalue weighted by Gasteiger charge is -2.25. The number of hydrogen-bond acceptors (Lipinski definition) is 7. The number of rotatable bonds is 3. The Morgan fingerprint density at radius 3 is 3.00 bits per heavy atom. The maximum Gasteiger partial charge on any atom is 0.179 e. The molecule has 0 amide bonds. The van der Waals surface area contributed by atoms with E-state index in [0.717, 1.165) is 17.8 Å². The third kappa shape index (κ3) is 2.49. The summed E-state index contributed by atoms with van der Waals surface area (Å²) in [5, 5.41) is 18.1. The molecule has 1 aliphatic heterocycles. The van der Waals surface area contributed by atoms with Crippen LogP contribution in [0.1, 0.15) is 29.4 Å².